The van der Waals surface area contributed by atoms with Gasteiger partial charge in [0.2, 0.25) is 5.91 Å². The monoisotopic (exact) mass is 323 g/mol. The molecule has 0 aliphatic heterocycles. The van der Waals surface area contributed by atoms with Crippen LogP contribution in [-0.4, -0.2) is 53.6 Å². The van der Waals surface area contributed by atoms with E-state index in [0.717, 1.165) is 24.0 Å². The molecule has 0 radical (unpaired) electrons. The molecule has 20 heavy (non-hydrogen) atoms. The van der Waals surface area contributed by atoms with Crippen LogP contribution in [0.15, 0.2) is 0 Å². The maximum Gasteiger partial charge on any atom is 0.500 e. The van der Waals surface area contributed by atoms with E-state index < -0.39 is 8.80 Å². The number of rotatable bonds is 11. The summed E-state index contributed by atoms with van der Waals surface area (Å²) in [5, 5.41) is 2.93. The first-order chi connectivity index (χ1) is 9.40. The van der Waals surface area contributed by atoms with Crippen molar-refractivity contribution in [2.45, 2.75) is 39.3 Å². The van der Waals surface area contributed by atoms with Crippen LogP contribution in [0.2, 0.25) is 6.04 Å². The van der Waals surface area contributed by atoms with E-state index in [9.17, 15) is 4.79 Å². The van der Waals surface area contributed by atoms with Gasteiger partial charge in [-0.3, -0.25) is 4.79 Å². The highest BCUT2D eigenvalue weighted by atomic mass is 32.2. The summed E-state index contributed by atoms with van der Waals surface area (Å²) in [5.41, 5.74) is 0. The number of amides is 1. The van der Waals surface area contributed by atoms with Crippen LogP contribution in [0.25, 0.3) is 0 Å². The summed E-state index contributed by atoms with van der Waals surface area (Å²) < 4.78 is 16.1. The van der Waals surface area contributed by atoms with Gasteiger partial charge in [0.15, 0.2) is 0 Å². The molecule has 0 rings (SSSR count). The van der Waals surface area contributed by atoms with Gasteiger partial charge in [-0.1, -0.05) is 6.92 Å². The molecule has 1 atom stereocenters. The summed E-state index contributed by atoms with van der Waals surface area (Å²) in [6.07, 6.45) is 0.963. The van der Waals surface area contributed by atoms with Crippen molar-refractivity contribution in [3.8, 4) is 0 Å². The Labute approximate surface area is 128 Å². The Morgan fingerprint density at radius 1 is 1.15 bits per heavy atom. The number of hydrogen-bond donors (Lipinski definition) is 1. The number of carbonyl (C=O) groups is 1. The van der Waals surface area contributed by atoms with Crippen LogP contribution in [0.5, 0.6) is 0 Å². The molecule has 0 fully saturated rings. The van der Waals surface area contributed by atoms with Gasteiger partial charge in [0.05, 0.1) is 0 Å². The lowest BCUT2D eigenvalue weighted by atomic mass is 10.2. The standard InChI is InChI=1S/C13H29NO4SSi/c1-11(2)14-13(15)12(3)10-19-8-7-9-20(16-4,17-5)18-6/h11-12H,7-10H2,1-6H3,(H,14,15). The molecular weight excluding hydrogens is 294 g/mol. The number of hydrogen-bond acceptors (Lipinski definition) is 5. The van der Waals surface area contributed by atoms with Crippen LogP contribution in [0.3, 0.4) is 0 Å². The molecule has 5 nitrogen and oxygen atoms in total. The van der Waals surface area contributed by atoms with E-state index in [1.807, 2.05) is 20.8 Å². The van der Waals surface area contributed by atoms with Gasteiger partial charge in [-0.05, 0) is 26.0 Å². The van der Waals surface area contributed by atoms with E-state index >= 15 is 0 Å². The minimum absolute atomic E-state index is 0.0386. The number of thioether (sulfide) groups is 1. The molecule has 0 bridgehead atoms. The zero-order valence-electron chi connectivity index (χ0n) is 13.5. The van der Waals surface area contributed by atoms with Crippen LogP contribution in [0.4, 0.5) is 0 Å². The highest BCUT2D eigenvalue weighted by Gasteiger charge is 2.36. The number of carbonyl (C=O) groups excluding carboxylic acids is 1. The molecule has 0 spiro atoms. The summed E-state index contributed by atoms with van der Waals surface area (Å²) >= 11 is 1.78. The molecule has 0 aromatic carbocycles. The lowest BCUT2D eigenvalue weighted by molar-refractivity contribution is -0.124. The van der Waals surface area contributed by atoms with Crippen molar-refractivity contribution in [3.05, 3.63) is 0 Å². The van der Waals surface area contributed by atoms with Crippen LogP contribution >= 0.6 is 11.8 Å². The van der Waals surface area contributed by atoms with E-state index in [0.29, 0.717) is 0 Å². The van der Waals surface area contributed by atoms with Gasteiger partial charge >= 0.3 is 8.80 Å². The Balaban J connectivity index is 3.83. The average Bonchev–Trinajstić information content (AvgIpc) is 2.42. The third kappa shape index (κ3) is 7.63. The fourth-order valence-electron chi connectivity index (χ4n) is 1.71. The molecular formula is C13H29NO4SSi. The zero-order valence-corrected chi connectivity index (χ0v) is 15.3. The minimum atomic E-state index is -2.43. The molecule has 0 heterocycles. The summed E-state index contributed by atoms with van der Waals surface area (Å²) in [4.78, 5) is 11.7. The van der Waals surface area contributed by atoms with Gasteiger partial charge in [-0.25, -0.2) is 0 Å². The van der Waals surface area contributed by atoms with Crippen LogP contribution < -0.4 is 5.32 Å². The summed E-state index contributed by atoms with van der Waals surface area (Å²) in [7, 11) is 2.46. The molecule has 7 heteroatoms. The predicted octanol–water partition coefficient (Wildman–Crippen LogP) is 2.15. The van der Waals surface area contributed by atoms with Crippen LogP contribution in [0.1, 0.15) is 27.2 Å². The predicted molar refractivity (Wildman–Crippen MR) is 86.0 cm³/mol. The van der Waals surface area contributed by atoms with Crippen molar-refractivity contribution < 1.29 is 18.1 Å². The second kappa shape index (κ2) is 10.6. The Hall–Kier alpha value is -0.0831. The van der Waals surface area contributed by atoms with Crippen molar-refractivity contribution in [1.82, 2.24) is 5.32 Å². The highest BCUT2D eigenvalue weighted by Crippen LogP contribution is 2.18. The molecule has 0 aromatic heterocycles. The van der Waals surface area contributed by atoms with Gasteiger partial charge in [-0.15, -0.1) is 0 Å². The van der Waals surface area contributed by atoms with Crippen molar-refractivity contribution in [1.29, 1.82) is 0 Å². The van der Waals surface area contributed by atoms with E-state index in [4.69, 9.17) is 13.3 Å². The molecule has 0 aliphatic carbocycles. The van der Waals surface area contributed by atoms with E-state index in [-0.39, 0.29) is 17.9 Å². The number of nitrogens with one attached hydrogen (secondary N) is 1. The smallest absolute Gasteiger partial charge is 0.377 e. The summed E-state index contributed by atoms with van der Waals surface area (Å²) in [6.45, 7) is 5.91. The van der Waals surface area contributed by atoms with Gasteiger partial charge < -0.3 is 18.6 Å². The first-order valence-corrected chi connectivity index (χ1v) is 10.0. The van der Waals surface area contributed by atoms with Crippen molar-refractivity contribution in [3.63, 3.8) is 0 Å². The maximum absolute atomic E-state index is 11.7. The van der Waals surface area contributed by atoms with E-state index in [2.05, 4.69) is 5.32 Å². The molecule has 1 N–H and O–H groups in total. The molecule has 1 unspecified atom stereocenters. The average molecular weight is 324 g/mol. The Bertz CT molecular complexity index is 267. The molecule has 0 saturated heterocycles. The van der Waals surface area contributed by atoms with Crippen LogP contribution in [0, 0.1) is 5.92 Å². The first kappa shape index (κ1) is 19.9. The SMILES string of the molecule is CO[Si](CCCSCC(C)C(=O)NC(C)C)(OC)OC. The molecule has 0 aliphatic rings. The largest absolute Gasteiger partial charge is 0.500 e. The summed E-state index contributed by atoms with van der Waals surface area (Å²) in [6, 6.07) is 1.00. The van der Waals surface area contributed by atoms with Gasteiger partial charge in [0, 0.05) is 45.1 Å². The van der Waals surface area contributed by atoms with Crippen LogP contribution in [-0.2, 0) is 18.1 Å². The molecule has 0 saturated carbocycles. The molecule has 120 valence electrons. The van der Waals surface area contributed by atoms with Crippen molar-refractivity contribution >= 4 is 26.5 Å². The third-order valence-corrected chi connectivity index (χ3v) is 7.10. The van der Waals surface area contributed by atoms with Gasteiger partial charge in [0.1, 0.15) is 0 Å². The molecule has 0 aromatic rings. The van der Waals surface area contributed by atoms with Crippen molar-refractivity contribution in [2.75, 3.05) is 32.8 Å². The molecule has 1 amide bonds. The zero-order chi connectivity index (χ0) is 15.6. The highest BCUT2D eigenvalue weighted by molar-refractivity contribution is 7.99. The maximum atomic E-state index is 11.7. The normalized spacial score (nSPS) is 13.6. The van der Waals surface area contributed by atoms with Crippen molar-refractivity contribution in [2.24, 2.45) is 5.92 Å². The Morgan fingerprint density at radius 3 is 2.15 bits per heavy atom. The summed E-state index contributed by atoms with van der Waals surface area (Å²) in [5.74, 6) is 1.98. The third-order valence-electron chi connectivity index (χ3n) is 2.95. The fourth-order valence-corrected chi connectivity index (χ4v) is 4.71. The minimum Gasteiger partial charge on any atom is -0.377 e. The lowest BCUT2D eigenvalue weighted by Gasteiger charge is -2.24. The quantitative estimate of drug-likeness (QED) is 0.466. The second-order valence-corrected chi connectivity index (χ2v) is 9.28. The Morgan fingerprint density at radius 2 is 1.70 bits per heavy atom. The van der Waals surface area contributed by atoms with E-state index in [1.54, 1.807) is 33.1 Å². The second-order valence-electron chi connectivity index (χ2n) is 5.04. The van der Waals surface area contributed by atoms with Gasteiger partial charge in [-0.2, -0.15) is 11.8 Å². The van der Waals surface area contributed by atoms with E-state index in [1.165, 1.54) is 0 Å². The van der Waals surface area contributed by atoms with Gasteiger partial charge in [0.25, 0.3) is 0 Å². The topological polar surface area (TPSA) is 56.8 Å². The lowest BCUT2D eigenvalue weighted by Crippen LogP contribution is -2.42. The first-order valence-electron chi connectivity index (χ1n) is 6.94. The fraction of sp³-hybridized carbons (Fsp3) is 0.923. The Kier molecular flexibility index (Phi) is 10.6.